The van der Waals surface area contributed by atoms with E-state index in [0.717, 1.165) is 38.5 Å². The lowest BCUT2D eigenvalue weighted by Gasteiger charge is -2.19. The predicted octanol–water partition coefficient (Wildman–Crippen LogP) is 2.66. The SMILES string of the molecule is CCCCOO[Si](O)(OOCCCC)OOCCCC. The zero-order valence-corrected chi connectivity index (χ0v) is 13.8. The van der Waals surface area contributed by atoms with Crippen molar-refractivity contribution < 1.29 is 33.2 Å². The highest BCUT2D eigenvalue weighted by Gasteiger charge is 2.48. The quantitative estimate of drug-likeness (QED) is 0.216. The molecule has 0 heterocycles. The van der Waals surface area contributed by atoms with Crippen molar-refractivity contribution in [2.24, 2.45) is 0 Å². The summed E-state index contributed by atoms with van der Waals surface area (Å²) < 4.78 is 14.4. The number of hydrogen-bond donors (Lipinski definition) is 1. The third kappa shape index (κ3) is 11.7. The molecule has 0 fully saturated rings. The highest BCUT2D eigenvalue weighted by Crippen LogP contribution is 2.09. The van der Waals surface area contributed by atoms with Crippen molar-refractivity contribution in [1.82, 2.24) is 0 Å². The molecule has 0 spiro atoms. The van der Waals surface area contributed by atoms with E-state index >= 15 is 0 Å². The summed E-state index contributed by atoms with van der Waals surface area (Å²) in [6, 6.07) is 0. The fourth-order valence-corrected chi connectivity index (χ4v) is 1.78. The Morgan fingerprint density at radius 2 is 0.950 bits per heavy atom. The van der Waals surface area contributed by atoms with E-state index in [1.165, 1.54) is 0 Å². The van der Waals surface area contributed by atoms with Crippen molar-refractivity contribution >= 4 is 9.05 Å². The monoisotopic (exact) mass is 312 g/mol. The molecule has 0 aromatic carbocycles. The van der Waals surface area contributed by atoms with E-state index in [2.05, 4.69) is 0 Å². The first-order valence-corrected chi connectivity index (χ1v) is 9.00. The van der Waals surface area contributed by atoms with Gasteiger partial charge in [-0.3, -0.25) is 0 Å². The van der Waals surface area contributed by atoms with Crippen LogP contribution in [0.1, 0.15) is 59.3 Å². The molecule has 0 aromatic rings. The van der Waals surface area contributed by atoms with E-state index < -0.39 is 9.05 Å². The van der Waals surface area contributed by atoms with Gasteiger partial charge in [0.15, 0.2) is 0 Å². The van der Waals surface area contributed by atoms with Crippen LogP contribution in [0.2, 0.25) is 0 Å². The van der Waals surface area contributed by atoms with Crippen LogP contribution in [0.4, 0.5) is 0 Å². The number of hydrogen-bond acceptors (Lipinski definition) is 7. The minimum atomic E-state index is -4.07. The maximum absolute atomic E-state index is 10.0. The van der Waals surface area contributed by atoms with Gasteiger partial charge in [-0.05, 0) is 19.3 Å². The van der Waals surface area contributed by atoms with Gasteiger partial charge >= 0.3 is 9.05 Å². The highest BCUT2D eigenvalue weighted by atomic mass is 28.4. The van der Waals surface area contributed by atoms with Gasteiger partial charge < -0.3 is 4.80 Å². The predicted molar refractivity (Wildman–Crippen MR) is 73.8 cm³/mol. The maximum Gasteiger partial charge on any atom is 0.761 e. The molecule has 0 bridgehead atoms. The maximum atomic E-state index is 10.0. The van der Waals surface area contributed by atoms with Crippen LogP contribution in [0.25, 0.3) is 0 Å². The van der Waals surface area contributed by atoms with Crippen molar-refractivity contribution in [3.8, 4) is 0 Å². The zero-order valence-electron chi connectivity index (χ0n) is 12.8. The van der Waals surface area contributed by atoms with Gasteiger partial charge in [0.05, 0.1) is 19.8 Å². The Morgan fingerprint density at radius 3 is 1.20 bits per heavy atom. The van der Waals surface area contributed by atoms with Gasteiger partial charge in [-0.15, -0.1) is 0 Å². The Hall–Kier alpha value is -0.0631. The summed E-state index contributed by atoms with van der Waals surface area (Å²) in [6.07, 6.45) is 5.26. The molecule has 0 aromatic heterocycles. The van der Waals surface area contributed by atoms with Gasteiger partial charge in [-0.1, -0.05) is 40.0 Å². The fourth-order valence-electron chi connectivity index (χ4n) is 1.000. The first kappa shape index (κ1) is 19.9. The Balaban J connectivity index is 3.98. The van der Waals surface area contributed by atoms with Gasteiger partial charge in [0.1, 0.15) is 0 Å². The zero-order chi connectivity index (χ0) is 15.1. The molecular weight excluding hydrogens is 284 g/mol. The van der Waals surface area contributed by atoms with E-state index in [0.29, 0.717) is 19.8 Å². The molecule has 0 saturated carbocycles. The molecule has 0 aliphatic rings. The molecule has 122 valence electrons. The summed E-state index contributed by atoms with van der Waals surface area (Å²) in [5.41, 5.74) is 0. The summed E-state index contributed by atoms with van der Waals surface area (Å²) in [5, 5.41) is 0. The lowest BCUT2D eigenvalue weighted by atomic mass is 10.4. The van der Waals surface area contributed by atoms with Crippen LogP contribution in [-0.4, -0.2) is 33.7 Å². The molecule has 0 rings (SSSR count). The minimum absolute atomic E-state index is 0.336. The summed E-state index contributed by atoms with van der Waals surface area (Å²) in [5.74, 6) is 0. The lowest BCUT2D eigenvalue weighted by Crippen LogP contribution is -2.46. The standard InChI is InChI=1S/C12H28O7Si/c1-4-7-10-14-17-20(13,18-15-11-8-5-2)19-16-12-9-6-3/h13H,4-12H2,1-3H3. The van der Waals surface area contributed by atoms with E-state index in [9.17, 15) is 4.80 Å². The van der Waals surface area contributed by atoms with Gasteiger partial charge in [-0.2, -0.15) is 13.7 Å². The molecule has 0 unspecified atom stereocenters. The first-order chi connectivity index (χ1) is 9.68. The van der Waals surface area contributed by atoms with Crippen molar-refractivity contribution in [3.05, 3.63) is 0 Å². The molecule has 7 nitrogen and oxygen atoms in total. The molecule has 1 N–H and O–H groups in total. The Kier molecular flexibility index (Phi) is 13.9. The van der Waals surface area contributed by atoms with E-state index in [-0.39, 0.29) is 0 Å². The van der Waals surface area contributed by atoms with Crippen molar-refractivity contribution in [1.29, 1.82) is 0 Å². The average molecular weight is 312 g/mol. The van der Waals surface area contributed by atoms with Gasteiger partial charge in [0, 0.05) is 0 Å². The Bertz CT molecular complexity index is 175. The lowest BCUT2D eigenvalue weighted by molar-refractivity contribution is -0.384. The second-order valence-corrected chi connectivity index (χ2v) is 5.85. The molecule has 0 amide bonds. The molecule has 0 atom stereocenters. The van der Waals surface area contributed by atoms with Crippen LogP contribution in [0.3, 0.4) is 0 Å². The molecule has 0 saturated heterocycles. The normalized spacial score (nSPS) is 12.0. The van der Waals surface area contributed by atoms with Crippen LogP contribution in [0, 0.1) is 0 Å². The van der Waals surface area contributed by atoms with E-state index in [1.807, 2.05) is 20.8 Å². The average Bonchev–Trinajstić information content (AvgIpc) is 2.45. The third-order valence-corrected chi connectivity index (χ3v) is 3.22. The number of unbranched alkanes of at least 4 members (excludes halogenated alkanes) is 3. The Labute approximate surface area is 122 Å². The van der Waals surface area contributed by atoms with Crippen molar-refractivity contribution in [2.45, 2.75) is 59.3 Å². The number of rotatable bonds is 15. The van der Waals surface area contributed by atoms with Gasteiger partial charge in [-0.25, -0.2) is 14.7 Å². The van der Waals surface area contributed by atoms with Crippen molar-refractivity contribution in [2.75, 3.05) is 19.8 Å². The molecule has 8 heteroatoms. The smallest absolute Gasteiger partial charge is 0.363 e. The fraction of sp³-hybridized carbons (Fsp3) is 1.00. The largest absolute Gasteiger partial charge is 0.761 e. The highest BCUT2D eigenvalue weighted by molar-refractivity contribution is 6.51. The second kappa shape index (κ2) is 13.9. The van der Waals surface area contributed by atoms with Crippen LogP contribution < -0.4 is 0 Å². The van der Waals surface area contributed by atoms with Gasteiger partial charge in [0.25, 0.3) is 0 Å². The topological polar surface area (TPSA) is 75.6 Å². The summed E-state index contributed by atoms with van der Waals surface area (Å²) in [7, 11) is -4.07. The minimum Gasteiger partial charge on any atom is -0.363 e. The summed E-state index contributed by atoms with van der Waals surface area (Å²) in [4.78, 5) is 24.6. The first-order valence-electron chi connectivity index (χ1n) is 7.32. The van der Waals surface area contributed by atoms with Crippen molar-refractivity contribution in [3.63, 3.8) is 0 Å². The third-order valence-electron chi connectivity index (χ3n) is 2.24. The van der Waals surface area contributed by atoms with E-state index in [4.69, 9.17) is 28.4 Å². The van der Waals surface area contributed by atoms with Crippen LogP contribution in [0.15, 0.2) is 0 Å². The Morgan fingerprint density at radius 1 is 0.650 bits per heavy atom. The van der Waals surface area contributed by atoms with Crippen LogP contribution >= 0.6 is 0 Å². The second-order valence-electron chi connectivity index (χ2n) is 4.30. The molecule has 20 heavy (non-hydrogen) atoms. The molecule has 0 aliphatic heterocycles. The van der Waals surface area contributed by atoms with Crippen LogP contribution in [0.5, 0.6) is 0 Å². The molecule has 0 aliphatic carbocycles. The van der Waals surface area contributed by atoms with Gasteiger partial charge in [0.2, 0.25) is 0 Å². The summed E-state index contributed by atoms with van der Waals surface area (Å²) in [6.45, 7) is 7.05. The summed E-state index contributed by atoms with van der Waals surface area (Å²) >= 11 is 0. The molecule has 0 radical (unpaired) electrons. The van der Waals surface area contributed by atoms with E-state index in [1.54, 1.807) is 0 Å². The molecular formula is C12H28O7Si. The van der Waals surface area contributed by atoms with Crippen LogP contribution in [-0.2, 0) is 28.4 Å².